The van der Waals surface area contributed by atoms with Crippen LogP contribution in [0.5, 0.6) is 0 Å². The number of rotatable bonds is 3. The van der Waals surface area contributed by atoms with Crippen LogP contribution in [0, 0.1) is 11.7 Å². The average Bonchev–Trinajstić information content (AvgIpc) is 2.26. The second kappa shape index (κ2) is 5.34. The number of amides is 1. The molecule has 4 heteroatoms. The lowest BCUT2D eigenvalue weighted by molar-refractivity contribution is -0.118. The van der Waals surface area contributed by atoms with E-state index in [1.165, 1.54) is 17.0 Å². The van der Waals surface area contributed by atoms with E-state index in [1.54, 1.807) is 19.2 Å². The normalized spacial score (nSPS) is 12.6. The maximum atomic E-state index is 13.0. The molecule has 0 saturated heterocycles. The van der Waals surface area contributed by atoms with Gasteiger partial charge in [0.05, 0.1) is 5.25 Å². The Labute approximate surface area is 101 Å². The van der Waals surface area contributed by atoms with Crippen molar-refractivity contribution in [1.29, 1.82) is 0 Å². The Balaban J connectivity index is 2.86. The summed E-state index contributed by atoms with van der Waals surface area (Å²) < 4.78 is 13.0. The van der Waals surface area contributed by atoms with Gasteiger partial charge in [0.15, 0.2) is 0 Å². The van der Waals surface area contributed by atoms with E-state index in [0.717, 1.165) is 0 Å². The number of hydrogen-bond donors (Lipinski definition) is 1. The summed E-state index contributed by atoms with van der Waals surface area (Å²) in [6.07, 6.45) is 0. The van der Waals surface area contributed by atoms with Crippen LogP contribution in [-0.2, 0) is 4.79 Å². The summed E-state index contributed by atoms with van der Waals surface area (Å²) in [5, 5.41) is -0.367. The van der Waals surface area contributed by atoms with Crippen LogP contribution in [0.25, 0.3) is 0 Å². The molecule has 0 saturated carbocycles. The Morgan fingerprint density at radius 2 is 2.06 bits per heavy atom. The molecule has 0 fully saturated rings. The fourth-order valence-corrected chi connectivity index (χ4v) is 1.47. The molecule has 1 aromatic rings. The van der Waals surface area contributed by atoms with Crippen LogP contribution in [0.2, 0.25) is 0 Å². The number of benzene rings is 1. The van der Waals surface area contributed by atoms with E-state index in [2.05, 4.69) is 12.6 Å². The highest BCUT2D eigenvalue weighted by Gasteiger charge is 2.22. The Hall–Kier alpha value is -1.03. The zero-order valence-corrected chi connectivity index (χ0v) is 10.5. The van der Waals surface area contributed by atoms with Gasteiger partial charge in [-0.25, -0.2) is 4.39 Å². The van der Waals surface area contributed by atoms with Gasteiger partial charge in [-0.3, -0.25) is 4.79 Å². The van der Waals surface area contributed by atoms with Gasteiger partial charge < -0.3 is 4.90 Å². The summed E-state index contributed by atoms with van der Waals surface area (Å²) in [5.74, 6) is -0.326. The second-order valence-corrected chi connectivity index (χ2v) is 4.62. The van der Waals surface area contributed by atoms with Crippen molar-refractivity contribution in [3.05, 3.63) is 30.1 Å². The van der Waals surface area contributed by atoms with Crippen molar-refractivity contribution in [2.45, 2.75) is 19.1 Å². The first-order valence-corrected chi connectivity index (χ1v) is 5.66. The number of hydrogen-bond acceptors (Lipinski definition) is 2. The topological polar surface area (TPSA) is 20.3 Å². The standard InChI is InChI=1S/C12H16FNOS/c1-8(2)11(16)12(15)14(3)10-6-4-5-9(13)7-10/h4-8,11,16H,1-3H3. The smallest absolute Gasteiger partial charge is 0.239 e. The molecule has 16 heavy (non-hydrogen) atoms. The fourth-order valence-electron chi connectivity index (χ4n) is 1.30. The molecule has 0 aliphatic rings. The van der Waals surface area contributed by atoms with E-state index in [-0.39, 0.29) is 22.9 Å². The number of thiol groups is 1. The largest absolute Gasteiger partial charge is 0.314 e. The molecule has 1 rings (SSSR count). The van der Waals surface area contributed by atoms with Crippen LogP contribution in [0.1, 0.15) is 13.8 Å². The van der Waals surface area contributed by atoms with E-state index < -0.39 is 0 Å². The third kappa shape index (κ3) is 2.98. The lowest BCUT2D eigenvalue weighted by atomic mass is 10.1. The zero-order chi connectivity index (χ0) is 12.3. The van der Waals surface area contributed by atoms with Crippen molar-refractivity contribution in [3.63, 3.8) is 0 Å². The molecule has 1 unspecified atom stereocenters. The van der Waals surface area contributed by atoms with Gasteiger partial charge in [-0.2, -0.15) is 12.6 Å². The summed E-state index contributed by atoms with van der Waals surface area (Å²) in [6.45, 7) is 3.85. The molecule has 0 bridgehead atoms. The lowest BCUT2D eigenvalue weighted by Gasteiger charge is -2.23. The van der Waals surface area contributed by atoms with Crippen molar-refractivity contribution in [3.8, 4) is 0 Å². The summed E-state index contributed by atoms with van der Waals surface area (Å²) in [4.78, 5) is 13.4. The number of anilines is 1. The molecule has 0 heterocycles. The number of nitrogens with zero attached hydrogens (tertiary/aromatic N) is 1. The molecule has 88 valence electrons. The van der Waals surface area contributed by atoms with E-state index in [9.17, 15) is 9.18 Å². The molecule has 1 aromatic carbocycles. The average molecular weight is 241 g/mol. The Morgan fingerprint density at radius 3 is 2.56 bits per heavy atom. The van der Waals surface area contributed by atoms with Crippen LogP contribution in [0.3, 0.4) is 0 Å². The first-order valence-electron chi connectivity index (χ1n) is 5.14. The van der Waals surface area contributed by atoms with Crippen molar-refractivity contribution in [2.75, 3.05) is 11.9 Å². The van der Waals surface area contributed by atoms with Gasteiger partial charge in [-0.15, -0.1) is 0 Å². The van der Waals surface area contributed by atoms with Gasteiger partial charge >= 0.3 is 0 Å². The van der Waals surface area contributed by atoms with Crippen LogP contribution in [0.15, 0.2) is 24.3 Å². The Kier molecular flexibility index (Phi) is 4.35. The van der Waals surface area contributed by atoms with Crippen molar-refractivity contribution in [2.24, 2.45) is 5.92 Å². The highest BCUT2D eigenvalue weighted by atomic mass is 32.1. The minimum absolute atomic E-state index is 0.121. The summed E-state index contributed by atoms with van der Waals surface area (Å²) >= 11 is 4.25. The maximum Gasteiger partial charge on any atom is 0.239 e. The van der Waals surface area contributed by atoms with Crippen LogP contribution >= 0.6 is 12.6 Å². The van der Waals surface area contributed by atoms with E-state index >= 15 is 0 Å². The molecule has 0 aliphatic heterocycles. The minimum Gasteiger partial charge on any atom is -0.314 e. The van der Waals surface area contributed by atoms with Crippen molar-refractivity contribution >= 4 is 24.2 Å². The molecule has 0 radical (unpaired) electrons. The van der Waals surface area contributed by atoms with Gasteiger partial charge in [-0.05, 0) is 24.1 Å². The molecule has 0 aromatic heterocycles. The maximum absolute atomic E-state index is 13.0. The van der Waals surface area contributed by atoms with Crippen LogP contribution in [-0.4, -0.2) is 18.2 Å². The first-order chi connectivity index (χ1) is 7.43. The molecule has 0 N–H and O–H groups in total. The van der Waals surface area contributed by atoms with Gasteiger partial charge in [-0.1, -0.05) is 19.9 Å². The van der Waals surface area contributed by atoms with Crippen molar-refractivity contribution < 1.29 is 9.18 Å². The third-order valence-corrected chi connectivity index (χ3v) is 3.23. The molecule has 1 atom stereocenters. The number of carbonyl (C=O) groups excluding carboxylic acids is 1. The number of carbonyl (C=O) groups is 1. The van der Waals surface area contributed by atoms with Gasteiger partial charge in [0.25, 0.3) is 0 Å². The van der Waals surface area contributed by atoms with Gasteiger partial charge in [0, 0.05) is 12.7 Å². The van der Waals surface area contributed by atoms with Crippen LogP contribution in [0.4, 0.5) is 10.1 Å². The molecule has 2 nitrogen and oxygen atoms in total. The Bertz CT molecular complexity index is 381. The summed E-state index contributed by atoms with van der Waals surface area (Å²) in [5.41, 5.74) is 0.546. The van der Waals surface area contributed by atoms with E-state index in [0.29, 0.717) is 5.69 Å². The minimum atomic E-state index is -0.367. The van der Waals surface area contributed by atoms with Crippen LogP contribution < -0.4 is 4.90 Å². The van der Waals surface area contributed by atoms with E-state index in [4.69, 9.17) is 0 Å². The SMILES string of the molecule is CC(C)C(S)C(=O)N(C)c1cccc(F)c1. The predicted molar refractivity (Wildman–Crippen MR) is 67.4 cm³/mol. The zero-order valence-electron chi connectivity index (χ0n) is 9.64. The second-order valence-electron chi connectivity index (χ2n) is 4.07. The first kappa shape index (κ1) is 13.0. The monoisotopic (exact) mass is 241 g/mol. The fraction of sp³-hybridized carbons (Fsp3) is 0.417. The quantitative estimate of drug-likeness (QED) is 0.807. The molecule has 0 aliphatic carbocycles. The van der Waals surface area contributed by atoms with E-state index in [1.807, 2.05) is 13.8 Å². The molecule has 1 amide bonds. The summed E-state index contributed by atoms with van der Waals surface area (Å²) in [6, 6.07) is 5.96. The van der Waals surface area contributed by atoms with Crippen molar-refractivity contribution in [1.82, 2.24) is 0 Å². The lowest BCUT2D eigenvalue weighted by Crippen LogP contribution is -2.36. The highest BCUT2D eigenvalue weighted by molar-refractivity contribution is 7.81. The third-order valence-electron chi connectivity index (χ3n) is 2.41. The Morgan fingerprint density at radius 1 is 1.44 bits per heavy atom. The summed E-state index contributed by atoms with van der Waals surface area (Å²) in [7, 11) is 1.63. The predicted octanol–water partition coefficient (Wildman–Crippen LogP) is 2.74. The molecular weight excluding hydrogens is 225 g/mol. The number of halogens is 1. The van der Waals surface area contributed by atoms with Gasteiger partial charge in [0.1, 0.15) is 5.82 Å². The van der Waals surface area contributed by atoms with Gasteiger partial charge in [0.2, 0.25) is 5.91 Å². The molecular formula is C12H16FNOS. The highest BCUT2D eigenvalue weighted by Crippen LogP contribution is 2.18. The molecule has 0 spiro atoms.